The molecule has 2 unspecified atom stereocenters. The van der Waals surface area contributed by atoms with Crippen LogP contribution < -0.4 is 4.74 Å². The van der Waals surface area contributed by atoms with Gasteiger partial charge in [0.15, 0.2) is 0 Å². The van der Waals surface area contributed by atoms with Gasteiger partial charge in [0.25, 0.3) is 0 Å². The van der Waals surface area contributed by atoms with E-state index in [1.54, 1.807) is 0 Å². The van der Waals surface area contributed by atoms with Crippen molar-refractivity contribution in [3.63, 3.8) is 0 Å². The minimum atomic E-state index is -0.829. The first-order valence-electron chi connectivity index (χ1n) is 7.22. The summed E-state index contributed by atoms with van der Waals surface area (Å²) in [4.78, 5) is 0. The molecule has 3 nitrogen and oxygen atoms in total. The Morgan fingerprint density at radius 2 is 1.58 bits per heavy atom. The van der Waals surface area contributed by atoms with E-state index in [1.807, 2.05) is 38.1 Å². The standard InChI is InChI=1S/C16H26O3/c1-4-11-19-14-9-7-13(8-10-14)16(18)15(17)12(5-2)6-3/h7-10,12,15-18H,4-6,11H2,1-3H3. The van der Waals surface area contributed by atoms with Crippen molar-refractivity contribution in [2.75, 3.05) is 6.61 Å². The summed E-state index contributed by atoms with van der Waals surface area (Å²) in [6.45, 7) is 6.82. The van der Waals surface area contributed by atoms with Crippen LogP contribution >= 0.6 is 0 Å². The topological polar surface area (TPSA) is 49.7 Å². The zero-order valence-electron chi connectivity index (χ0n) is 12.2. The van der Waals surface area contributed by atoms with Gasteiger partial charge in [-0.3, -0.25) is 0 Å². The molecular weight excluding hydrogens is 240 g/mol. The van der Waals surface area contributed by atoms with E-state index in [4.69, 9.17) is 4.74 Å². The average Bonchev–Trinajstić information content (AvgIpc) is 2.46. The molecule has 1 aromatic rings. The van der Waals surface area contributed by atoms with Gasteiger partial charge in [0.05, 0.1) is 12.7 Å². The molecule has 1 rings (SSSR count). The van der Waals surface area contributed by atoms with Crippen LogP contribution in [0.1, 0.15) is 51.7 Å². The van der Waals surface area contributed by atoms with E-state index >= 15 is 0 Å². The predicted octanol–water partition coefficient (Wildman–Crippen LogP) is 3.31. The molecule has 0 spiro atoms. The lowest BCUT2D eigenvalue weighted by molar-refractivity contribution is -0.0209. The largest absolute Gasteiger partial charge is 0.494 e. The molecule has 0 aliphatic heterocycles. The lowest BCUT2D eigenvalue weighted by Gasteiger charge is -2.25. The zero-order valence-corrected chi connectivity index (χ0v) is 12.2. The SMILES string of the molecule is CCCOc1ccc(C(O)C(O)C(CC)CC)cc1. The molecular formula is C16H26O3. The Hall–Kier alpha value is -1.06. The van der Waals surface area contributed by atoms with Gasteiger partial charge < -0.3 is 14.9 Å². The number of benzene rings is 1. The van der Waals surface area contributed by atoms with Crippen LogP contribution in [0.25, 0.3) is 0 Å². The quantitative estimate of drug-likeness (QED) is 0.759. The first kappa shape index (κ1) is 16.0. The number of aliphatic hydroxyl groups is 2. The monoisotopic (exact) mass is 266 g/mol. The summed E-state index contributed by atoms with van der Waals surface area (Å²) in [5.41, 5.74) is 0.739. The van der Waals surface area contributed by atoms with E-state index in [1.165, 1.54) is 0 Å². The summed E-state index contributed by atoms with van der Waals surface area (Å²) in [6, 6.07) is 7.32. The smallest absolute Gasteiger partial charge is 0.119 e. The summed E-state index contributed by atoms with van der Waals surface area (Å²) in [5.74, 6) is 0.931. The fourth-order valence-electron chi connectivity index (χ4n) is 2.21. The normalized spacial score (nSPS) is 14.4. The van der Waals surface area contributed by atoms with E-state index < -0.39 is 12.2 Å². The van der Waals surface area contributed by atoms with Crippen LogP contribution in [0.4, 0.5) is 0 Å². The molecule has 0 amide bonds. The first-order valence-corrected chi connectivity index (χ1v) is 7.22. The minimum Gasteiger partial charge on any atom is -0.494 e. The van der Waals surface area contributed by atoms with Crippen molar-refractivity contribution in [3.8, 4) is 5.75 Å². The van der Waals surface area contributed by atoms with E-state index in [9.17, 15) is 10.2 Å². The van der Waals surface area contributed by atoms with Gasteiger partial charge >= 0.3 is 0 Å². The Morgan fingerprint density at radius 1 is 1.00 bits per heavy atom. The van der Waals surface area contributed by atoms with Crippen LogP contribution in [0.2, 0.25) is 0 Å². The maximum atomic E-state index is 10.2. The summed E-state index contributed by atoms with van der Waals surface area (Å²) >= 11 is 0. The van der Waals surface area contributed by atoms with Crippen molar-refractivity contribution >= 4 is 0 Å². The van der Waals surface area contributed by atoms with Gasteiger partial charge in [-0.25, -0.2) is 0 Å². The second kappa shape index (κ2) is 8.18. The highest BCUT2D eigenvalue weighted by Crippen LogP contribution is 2.27. The molecule has 3 heteroatoms. The fourth-order valence-corrected chi connectivity index (χ4v) is 2.21. The molecule has 0 aliphatic rings. The van der Waals surface area contributed by atoms with Gasteiger partial charge in [-0.15, -0.1) is 0 Å². The summed E-state index contributed by atoms with van der Waals surface area (Å²) in [5, 5.41) is 20.4. The Balaban J connectivity index is 2.68. The van der Waals surface area contributed by atoms with Crippen LogP contribution in [-0.4, -0.2) is 22.9 Å². The Morgan fingerprint density at radius 3 is 2.05 bits per heavy atom. The van der Waals surface area contributed by atoms with Gasteiger partial charge in [-0.2, -0.15) is 0 Å². The van der Waals surface area contributed by atoms with Crippen molar-refractivity contribution in [3.05, 3.63) is 29.8 Å². The first-order chi connectivity index (χ1) is 9.13. The maximum Gasteiger partial charge on any atom is 0.119 e. The summed E-state index contributed by atoms with van der Waals surface area (Å²) in [7, 11) is 0. The third-order valence-electron chi connectivity index (χ3n) is 3.55. The Kier molecular flexibility index (Phi) is 6.89. The van der Waals surface area contributed by atoms with Crippen molar-refractivity contribution < 1.29 is 14.9 Å². The van der Waals surface area contributed by atoms with E-state index in [2.05, 4.69) is 6.92 Å². The van der Waals surface area contributed by atoms with E-state index in [0.717, 1.165) is 30.6 Å². The highest BCUT2D eigenvalue weighted by atomic mass is 16.5. The zero-order chi connectivity index (χ0) is 14.3. The Labute approximate surface area is 116 Å². The number of aliphatic hydroxyl groups excluding tert-OH is 2. The highest BCUT2D eigenvalue weighted by molar-refractivity contribution is 5.29. The third kappa shape index (κ3) is 4.51. The molecule has 19 heavy (non-hydrogen) atoms. The second-order valence-electron chi connectivity index (χ2n) is 4.93. The van der Waals surface area contributed by atoms with Gasteiger partial charge in [0.1, 0.15) is 11.9 Å². The fraction of sp³-hybridized carbons (Fsp3) is 0.625. The molecule has 2 atom stereocenters. The van der Waals surface area contributed by atoms with Gasteiger partial charge in [-0.1, -0.05) is 45.7 Å². The molecule has 108 valence electrons. The molecule has 2 N–H and O–H groups in total. The molecule has 0 fully saturated rings. The summed E-state index contributed by atoms with van der Waals surface area (Å²) in [6.07, 6.45) is 1.17. The minimum absolute atomic E-state index is 0.131. The maximum absolute atomic E-state index is 10.2. The van der Waals surface area contributed by atoms with Crippen molar-refractivity contribution in [2.24, 2.45) is 5.92 Å². The average molecular weight is 266 g/mol. The van der Waals surface area contributed by atoms with Crippen molar-refractivity contribution in [1.29, 1.82) is 0 Å². The van der Waals surface area contributed by atoms with Gasteiger partial charge in [0.2, 0.25) is 0 Å². The van der Waals surface area contributed by atoms with Crippen LogP contribution in [0.15, 0.2) is 24.3 Å². The number of hydrogen-bond donors (Lipinski definition) is 2. The van der Waals surface area contributed by atoms with Crippen molar-refractivity contribution in [1.82, 2.24) is 0 Å². The number of hydrogen-bond acceptors (Lipinski definition) is 3. The molecule has 0 heterocycles. The highest BCUT2D eigenvalue weighted by Gasteiger charge is 2.24. The predicted molar refractivity (Wildman–Crippen MR) is 77.3 cm³/mol. The molecule has 0 saturated heterocycles. The third-order valence-corrected chi connectivity index (χ3v) is 3.55. The van der Waals surface area contributed by atoms with Crippen LogP contribution in [0.5, 0.6) is 5.75 Å². The van der Waals surface area contributed by atoms with E-state index in [-0.39, 0.29) is 5.92 Å². The van der Waals surface area contributed by atoms with Gasteiger partial charge in [-0.05, 0) is 30.0 Å². The number of rotatable bonds is 8. The second-order valence-corrected chi connectivity index (χ2v) is 4.93. The molecule has 0 bridgehead atoms. The van der Waals surface area contributed by atoms with Gasteiger partial charge in [0, 0.05) is 0 Å². The van der Waals surface area contributed by atoms with E-state index in [0.29, 0.717) is 6.61 Å². The number of ether oxygens (including phenoxy) is 1. The lowest BCUT2D eigenvalue weighted by atomic mass is 9.90. The van der Waals surface area contributed by atoms with Crippen LogP contribution in [0.3, 0.4) is 0 Å². The molecule has 0 aromatic heterocycles. The van der Waals surface area contributed by atoms with Crippen LogP contribution in [0, 0.1) is 5.92 Å². The summed E-state index contributed by atoms with van der Waals surface area (Å²) < 4.78 is 5.50. The molecule has 0 aliphatic carbocycles. The lowest BCUT2D eigenvalue weighted by Crippen LogP contribution is -2.27. The molecule has 0 radical (unpaired) electrons. The molecule has 0 saturated carbocycles. The Bertz CT molecular complexity index is 344. The van der Waals surface area contributed by atoms with Crippen molar-refractivity contribution in [2.45, 2.75) is 52.2 Å². The molecule has 1 aromatic carbocycles. The van der Waals surface area contributed by atoms with Crippen LogP contribution in [-0.2, 0) is 0 Å².